The summed E-state index contributed by atoms with van der Waals surface area (Å²) in [6, 6.07) is 25.4. The lowest BCUT2D eigenvalue weighted by molar-refractivity contribution is 1.45. The van der Waals surface area contributed by atoms with Gasteiger partial charge in [-0.05, 0) is 41.8 Å². The Morgan fingerprint density at radius 1 is 0.773 bits per heavy atom. The fourth-order valence-electron chi connectivity index (χ4n) is 2.71. The van der Waals surface area contributed by atoms with E-state index in [2.05, 4.69) is 73.7 Å². The van der Waals surface area contributed by atoms with Gasteiger partial charge in [0.05, 0.1) is 10.2 Å². The highest BCUT2D eigenvalue weighted by molar-refractivity contribution is 7.21. The standard InChI is InChI=1S/C20H15NS/c1-14-7-2-3-10-17(14)15-8-6-9-16(13-15)20-21-18-11-4-5-12-19(18)22-20/h2-13H,1H3. The quantitative estimate of drug-likeness (QED) is 0.446. The zero-order valence-electron chi connectivity index (χ0n) is 12.3. The minimum atomic E-state index is 1.07. The lowest BCUT2D eigenvalue weighted by Crippen LogP contribution is -1.83. The van der Waals surface area contributed by atoms with E-state index >= 15 is 0 Å². The van der Waals surface area contributed by atoms with Crippen molar-refractivity contribution in [3.8, 4) is 21.7 Å². The third-order valence-electron chi connectivity index (χ3n) is 3.86. The number of rotatable bonds is 2. The van der Waals surface area contributed by atoms with Gasteiger partial charge < -0.3 is 0 Å². The summed E-state index contributed by atoms with van der Waals surface area (Å²) < 4.78 is 1.23. The van der Waals surface area contributed by atoms with Gasteiger partial charge in [-0.15, -0.1) is 11.3 Å². The molecule has 0 unspecified atom stereocenters. The molecule has 22 heavy (non-hydrogen) atoms. The summed E-state index contributed by atoms with van der Waals surface area (Å²) in [5.41, 5.74) is 6.08. The van der Waals surface area contributed by atoms with Crippen molar-refractivity contribution in [2.45, 2.75) is 6.92 Å². The van der Waals surface area contributed by atoms with Gasteiger partial charge in [-0.1, -0.05) is 54.6 Å². The first-order valence-corrected chi connectivity index (χ1v) is 8.15. The van der Waals surface area contributed by atoms with Gasteiger partial charge in [0.25, 0.3) is 0 Å². The first-order chi connectivity index (χ1) is 10.8. The number of thiazole rings is 1. The lowest BCUT2D eigenvalue weighted by atomic mass is 9.99. The minimum Gasteiger partial charge on any atom is -0.236 e. The lowest BCUT2D eigenvalue weighted by Gasteiger charge is -2.07. The predicted molar refractivity (Wildman–Crippen MR) is 95.2 cm³/mol. The van der Waals surface area contributed by atoms with Crippen LogP contribution in [0.25, 0.3) is 31.9 Å². The molecule has 0 spiro atoms. The summed E-state index contributed by atoms with van der Waals surface area (Å²) >= 11 is 1.75. The summed E-state index contributed by atoms with van der Waals surface area (Å²) in [7, 11) is 0. The molecule has 0 aliphatic rings. The fourth-order valence-corrected chi connectivity index (χ4v) is 3.67. The number of nitrogens with zero attached hydrogens (tertiary/aromatic N) is 1. The van der Waals surface area contributed by atoms with E-state index in [1.807, 2.05) is 6.07 Å². The average Bonchev–Trinajstić information content (AvgIpc) is 2.99. The van der Waals surface area contributed by atoms with Gasteiger partial charge in [-0.2, -0.15) is 0 Å². The highest BCUT2D eigenvalue weighted by Crippen LogP contribution is 2.33. The van der Waals surface area contributed by atoms with Crippen LogP contribution in [-0.4, -0.2) is 4.98 Å². The van der Waals surface area contributed by atoms with Crippen LogP contribution in [0.15, 0.2) is 72.8 Å². The van der Waals surface area contributed by atoms with Crippen LogP contribution in [0.5, 0.6) is 0 Å². The Bertz CT molecular complexity index is 920. The number of fused-ring (bicyclic) bond motifs is 1. The Balaban J connectivity index is 1.83. The molecule has 0 atom stereocenters. The molecule has 4 aromatic rings. The van der Waals surface area contributed by atoms with Crippen LogP contribution < -0.4 is 0 Å². The molecule has 1 heterocycles. The molecule has 1 aromatic heterocycles. The maximum atomic E-state index is 4.76. The number of aryl methyl sites for hydroxylation is 1. The Kier molecular flexibility index (Phi) is 3.24. The van der Waals surface area contributed by atoms with E-state index in [4.69, 9.17) is 4.98 Å². The van der Waals surface area contributed by atoms with Gasteiger partial charge in [0.1, 0.15) is 5.01 Å². The van der Waals surface area contributed by atoms with Gasteiger partial charge >= 0.3 is 0 Å². The second-order valence-electron chi connectivity index (χ2n) is 5.38. The third kappa shape index (κ3) is 2.32. The van der Waals surface area contributed by atoms with Crippen LogP contribution in [0.4, 0.5) is 0 Å². The second-order valence-corrected chi connectivity index (χ2v) is 6.41. The number of hydrogen-bond donors (Lipinski definition) is 0. The van der Waals surface area contributed by atoms with Crippen LogP contribution in [0.1, 0.15) is 5.56 Å². The zero-order chi connectivity index (χ0) is 14.9. The SMILES string of the molecule is Cc1ccccc1-c1cccc(-c2nc3ccccc3s2)c1. The number of aromatic nitrogens is 1. The van der Waals surface area contributed by atoms with Gasteiger partial charge in [0.2, 0.25) is 0 Å². The highest BCUT2D eigenvalue weighted by atomic mass is 32.1. The molecule has 106 valence electrons. The van der Waals surface area contributed by atoms with Crippen LogP contribution in [-0.2, 0) is 0 Å². The molecular weight excluding hydrogens is 286 g/mol. The smallest absolute Gasteiger partial charge is 0.124 e. The molecule has 1 nitrogen and oxygen atoms in total. The van der Waals surface area contributed by atoms with Crippen LogP contribution in [0, 0.1) is 6.92 Å². The summed E-state index contributed by atoms with van der Waals surface area (Å²) in [5, 5.41) is 1.08. The molecule has 0 radical (unpaired) electrons. The molecule has 0 saturated carbocycles. The van der Waals surface area contributed by atoms with Crippen molar-refractivity contribution >= 4 is 21.6 Å². The van der Waals surface area contributed by atoms with E-state index < -0.39 is 0 Å². The summed E-state index contributed by atoms with van der Waals surface area (Å²) in [6.07, 6.45) is 0. The van der Waals surface area contributed by atoms with Crippen molar-refractivity contribution in [3.63, 3.8) is 0 Å². The Labute approximate surface area is 133 Å². The van der Waals surface area contributed by atoms with Crippen molar-refractivity contribution in [1.82, 2.24) is 4.98 Å². The van der Waals surface area contributed by atoms with E-state index in [9.17, 15) is 0 Å². The molecule has 0 amide bonds. The molecule has 0 N–H and O–H groups in total. The molecule has 2 heteroatoms. The predicted octanol–water partition coefficient (Wildman–Crippen LogP) is 5.94. The van der Waals surface area contributed by atoms with Gasteiger partial charge in [0.15, 0.2) is 0 Å². The number of hydrogen-bond acceptors (Lipinski definition) is 2. The van der Waals surface area contributed by atoms with E-state index in [0.29, 0.717) is 0 Å². The summed E-state index contributed by atoms with van der Waals surface area (Å²) in [4.78, 5) is 4.76. The van der Waals surface area contributed by atoms with Gasteiger partial charge in [-0.25, -0.2) is 4.98 Å². The van der Waals surface area contributed by atoms with Gasteiger partial charge in [-0.3, -0.25) is 0 Å². The maximum absolute atomic E-state index is 4.76. The maximum Gasteiger partial charge on any atom is 0.124 e. The third-order valence-corrected chi connectivity index (χ3v) is 4.94. The van der Waals surface area contributed by atoms with Crippen molar-refractivity contribution in [2.24, 2.45) is 0 Å². The molecule has 0 bridgehead atoms. The van der Waals surface area contributed by atoms with Crippen LogP contribution in [0.3, 0.4) is 0 Å². The van der Waals surface area contributed by atoms with Crippen molar-refractivity contribution in [1.29, 1.82) is 0 Å². The fraction of sp³-hybridized carbons (Fsp3) is 0.0500. The van der Waals surface area contributed by atoms with Crippen molar-refractivity contribution in [3.05, 3.63) is 78.4 Å². The zero-order valence-corrected chi connectivity index (χ0v) is 13.1. The Morgan fingerprint density at radius 2 is 1.55 bits per heavy atom. The Hall–Kier alpha value is -2.45. The highest BCUT2D eigenvalue weighted by Gasteiger charge is 2.08. The molecule has 3 aromatic carbocycles. The Morgan fingerprint density at radius 3 is 2.41 bits per heavy atom. The van der Waals surface area contributed by atoms with Crippen molar-refractivity contribution < 1.29 is 0 Å². The molecule has 4 rings (SSSR count). The second kappa shape index (κ2) is 5.39. The largest absolute Gasteiger partial charge is 0.236 e. The monoisotopic (exact) mass is 301 g/mol. The van der Waals surface area contributed by atoms with Crippen molar-refractivity contribution in [2.75, 3.05) is 0 Å². The van der Waals surface area contributed by atoms with Crippen LogP contribution >= 0.6 is 11.3 Å². The number of benzene rings is 3. The molecule has 0 fully saturated rings. The molecule has 0 saturated heterocycles. The molecular formula is C20H15NS. The molecule has 0 aliphatic heterocycles. The first-order valence-electron chi connectivity index (χ1n) is 7.33. The summed E-state index contributed by atoms with van der Waals surface area (Å²) in [5.74, 6) is 0. The average molecular weight is 301 g/mol. The first kappa shape index (κ1) is 13.2. The number of para-hydroxylation sites is 1. The molecule has 0 aliphatic carbocycles. The minimum absolute atomic E-state index is 1.07. The van der Waals surface area contributed by atoms with E-state index in [1.165, 1.54) is 27.0 Å². The topological polar surface area (TPSA) is 12.9 Å². The van der Waals surface area contributed by atoms with Gasteiger partial charge in [0, 0.05) is 5.56 Å². The van der Waals surface area contributed by atoms with E-state index in [-0.39, 0.29) is 0 Å². The normalized spacial score (nSPS) is 11.0. The van der Waals surface area contributed by atoms with E-state index in [1.54, 1.807) is 11.3 Å². The summed E-state index contributed by atoms with van der Waals surface area (Å²) in [6.45, 7) is 2.15. The van der Waals surface area contributed by atoms with Crippen LogP contribution in [0.2, 0.25) is 0 Å². The van der Waals surface area contributed by atoms with E-state index in [0.717, 1.165) is 10.5 Å².